The summed E-state index contributed by atoms with van der Waals surface area (Å²) in [6.45, 7) is 3.89. The van der Waals surface area contributed by atoms with Gasteiger partial charge in [0, 0.05) is 13.1 Å². The standard InChI is InChI=1S/C23H30N2O7S/c1-3-22(32-20-6-4-18(29-2)5-7-20)23(26)24-12-15-31-19-8-10-21(11-9-19)33(27,28)25-13-16-30-17-14-25/h4-11,22H,3,12-17H2,1-2H3,(H,24,26)/t22-/m1/s1. The van der Waals surface area contributed by atoms with Gasteiger partial charge in [-0.05, 0) is 55.0 Å². The Balaban J connectivity index is 1.44. The van der Waals surface area contributed by atoms with E-state index >= 15 is 0 Å². The highest BCUT2D eigenvalue weighted by Crippen LogP contribution is 2.21. The highest BCUT2D eigenvalue weighted by Gasteiger charge is 2.26. The predicted octanol–water partition coefficient (Wildman–Crippen LogP) is 2.07. The maximum atomic E-state index is 12.7. The minimum atomic E-state index is -3.54. The molecule has 10 heteroatoms. The Morgan fingerprint density at radius 2 is 1.64 bits per heavy atom. The molecule has 0 aromatic heterocycles. The lowest BCUT2D eigenvalue weighted by Crippen LogP contribution is -2.40. The SMILES string of the molecule is CC[C@@H](Oc1ccc(OC)cc1)C(=O)NCCOc1ccc(S(=O)(=O)N2CCOCC2)cc1. The van der Waals surface area contributed by atoms with Crippen LogP contribution in [-0.2, 0) is 19.6 Å². The monoisotopic (exact) mass is 478 g/mol. The summed E-state index contributed by atoms with van der Waals surface area (Å²) in [5, 5.41) is 2.80. The lowest BCUT2D eigenvalue weighted by atomic mass is 10.2. The van der Waals surface area contributed by atoms with Crippen molar-refractivity contribution in [2.45, 2.75) is 24.3 Å². The molecule has 0 aliphatic carbocycles. The molecule has 1 fully saturated rings. The molecule has 9 nitrogen and oxygen atoms in total. The third kappa shape index (κ3) is 6.83. The summed E-state index contributed by atoms with van der Waals surface area (Å²) in [4.78, 5) is 12.6. The number of sulfonamides is 1. The number of nitrogens with zero attached hydrogens (tertiary/aromatic N) is 1. The Morgan fingerprint density at radius 1 is 1.03 bits per heavy atom. The summed E-state index contributed by atoms with van der Waals surface area (Å²) in [5.74, 6) is 1.58. The first-order chi connectivity index (χ1) is 15.9. The van der Waals surface area contributed by atoms with Crippen LogP contribution < -0.4 is 19.5 Å². The van der Waals surface area contributed by atoms with Gasteiger partial charge in [-0.2, -0.15) is 4.31 Å². The van der Waals surface area contributed by atoms with Crippen LogP contribution in [0.1, 0.15) is 13.3 Å². The number of benzene rings is 2. The van der Waals surface area contributed by atoms with E-state index in [2.05, 4.69) is 5.32 Å². The average molecular weight is 479 g/mol. The zero-order valence-corrected chi connectivity index (χ0v) is 19.7. The number of rotatable bonds is 11. The highest BCUT2D eigenvalue weighted by atomic mass is 32.2. The number of carbonyl (C=O) groups is 1. The van der Waals surface area contributed by atoms with E-state index in [1.54, 1.807) is 43.5 Å². The van der Waals surface area contributed by atoms with Crippen LogP contribution in [0.25, 0.3) is 0 Å². The predicted molar refractivity (Wildman–Crippen MR) is 122 cm³/mol. The van der Waals surface area contributed by atoms with Crippen molar-refractivity contribution in [3.05, 3.63) is 48.5 Å². The smallest absolute Gasteiger partial charge is 0.261 e. The Labute approximate surface area is 194 Å². The van der Waals surface area contributed by atoms with Gasteiger partial charge >= 0.3 is 0 Å². The van der Waals surface area contributed by atoms with Gasteiger partial charge in [0.1, 0.15) is 23.9 Å². The summed E-state index contributed by atoms with van der Waals surface area (Å²) in [6.07, 6.45) is -0.110. The van der Waals surface area contributed by atoms with Crippen LogP contribution in [0.5, 0.6) is 17.2 Å². The van der Waals surface area contributed by atoms with Crippen molar-refractivity contribution < 1.29 is 32.2 Å². The van der Waals surface area contributed by atoms with Crippen molar-refractivity contribution >= 4 is 15.9 Å². The highest BCUT2D eigenvalue weighted by molar-refractivity contribution is 7.89. The lowest BCUT2D eigenvalue weighted by Gasteiger charge is -2.26. The topological polar surface area (TPSA) is 103 Å². The van der Waals surface area contributed by atoms with Crippen LogP contribution in [0.3, 0.4) is 0 Å². The zero-order chi connectivity index (χ0) is 23.7. The van der Waals surface area contributed by atoms with Crippen LogP contribution in [0.2, 0.25) is 0 Å². The van der Waals surface area contributed by atoms with Gasteiger partial charge < -0.3 is 24.3 Å². The van der Waals surface area contributed by atoms with Gasteiger partial charge in [-0.1, -0.05) is 6.92 Å². The minimum Gasteiger partial charge on any atom is -0.497 e. The average Bonchev–Trinajstić information content (AvgIpc) is 2.86. The number of carbonyl (C=O) groups excluding carboxylic acids is 1. The van der Waals surface area contributed by atoms with Gasteiger partial charge in [0.15, 0.2) is 6.10 Å². The molecule has 1 amide bonds. The summed E-state index contributed by atoms with van der Waals surface area (Å²) >= 11 is 0. The van der Waals surface area contributed by atoms with Gasteiger partial charge in [0.2, 0.25) is 10.0 Å². The van der Waals surface area contributed by atoms with E-state index in [9.17, 15) is 13.2 Å². The molecule has 0 radical (unpaired) electrons. The molecule has 2 aromatic rings. The molecule has 1 aliphatic heterocycles. The third-order valence-corrected chi connectivity index (χ3v) is 7.02. The maximum Gasteiger partial charge on any atom is 0.261 e. The summed E-state index contributed by atoms with van der Waals surface area (Å²) in [5.41, 5.74) is 0. The second-order valence-corrected chi connectivity index (χ2v) is 9.26. The van der Waals surface area contributed by atoms with Crippen molar-refractivity contribution in [1.29, 1.82) is 0 Å². The first kappa shape index (κ1) is 24.8. The summed E-state index contributed by atoms with van der Waals surface area (Å²) < 4.78 is 48.4. The van der Waals surface area contributed by atoms with Gasteiger partial charge in [-0.25, -0.2) is 8.42 Å². The summed E-state index contributed by atoms with van der Waals surface area (Å²) in [7, 11) is -1.95. The third-order valence-electron chi connectivity index (χ3n) is 5.10. The fourth-order valence-electron chi connectivity index (χ4n) is 3.24. The molecule has 1 N–H and O–H groups in total. The molecule has 0 saturated carbocycles. The van der Waals surface area contributed by atoms with Gasteiger partial charge in [-0.3, -0.25) is 4.79 Å². The molecule has 2 aromatic carbocycles. The van der Waals surface area contributed by atoms with Crippen LogP contribution in [0.4, 0.5) is 0 Å². The van der Waals surface area contributed by atoms with E-state index in [1.165, 1.54) is 16.4 Å². The van der Waals surface area contributed by atoms with Gasteiger partial charge in [-0.15, -0.1) is 0 Å². The molecule has 180 valence electrons. The van der Waals surface area contributed by atoms with Crippen molar-refractivity contribution in [3.8, 4) is 17.2 Å². The molecule has 0 bridgehead atoms. The number of hydrogen-bond acceptors (Lipinski definition) is 7. The van der Waals surface area contributed by atoms with E-state index in [0.717, 1.165) is 0 Å². The largest absolute Gasteiger partial charge is 0.497 e. The van der Waals surface area contributed by atoms with Gasteiger partial charge in [0.25, 0.3) is 5.91 Å². The Hall–Kier alpha value is -2.82. The minimum absolute atomic E-state index is 0.214. The Bertz CT molecular complexity index is 988. The maximum absolute atomic E-state index is 12.7. The quantitative estimate of drug-likeness (QED) is 0.493. The fourth-order valence-corrected chi connectivity index (χ4v) is 4.65. The normalized spacial score (nSPS) is 15.5. The molecule has 3 rings (SSSR count). The zero-order valence-electron chi connectivity index (χ0n) is 18.9. The molecule has 0 unspecified atom stereocenters. The Kier molecular flexibility index (Phi) is 8.93. The molecule has 1 heterocycles. The second-order valence-electron chi connectivity index (χ2n) is 7.32. The summed E-state index contributed by atoms with van der Waals surface area (Å²) in [6, 6.07) is 13.3. The fraction of sp³-hybridized carbons (Fsp3) is 0.435. The lowest BCUT2D eigenvalue weighted by molar-refractivity contribution is -0.128. The van der Waals surface area contributed by atoms with Crippen molar-refractivity contribution in [2.75, 3.05) is 46.6 Å². The van der Waals surface area contributed by atoms with E-state index < -0.39 is 16.1 Å². The molecule has 1 atom stereocenters. The number of nitrogens with one attached hydrogen (secondary N) is 1. The first-order valence-corrected chi connectivity index (χ1v) is 12.3. The van der Waals surface area contributed by atoms with E-state index in [4.69, 9.17) is 18.9 Å². The van der Waals surface area contributed by atoms with Crippen molar-refractivity contribution in [1.82, 2.24) is 9.62 Å². The van der Waals surface area contributed by atoms with E-state index in [0.29, 0.717) is 50.0 Å². The van der Waals surface area contributed by atoms with Crippen LogP contribution in [-0.4, -0.2) is 71.3 Å². The van der Waals surface area contributed by atoms with Crippen LogP contribution in [0.15, 0.2) is 53.4 Å². The van der Waals surface area contributed by atoms with Crippen LogP contribution in [0, 0.1) is 0 Å². The molecule has 1 aliphatic rings. The van der Waals surface area contributed by atoms with Crippen LogP contribution >= 0.6 is 0 Å². The molecule has 1 saturated heterocycles. The molecular formula is C23H30N2O7S. The van der Waals surface area contributed by atoms with E-state index in [1.807, 2.05) is 6.92 Å². The first-order valence-electron chi connectivity index (χ1n) is 10.8. The number of ether oxygens (including phenoxy) is 4. The van der Waals surface area contributed by atoms with Crippen molar-refractivity contribution in [2.24, 2.45) is 0 Å². The molecular weight excluding hydrogens is 448 g/mol. The Morgan fingerprint density at radius 3 is 2.24 bits per heavy atom. The molecule has 0 spiro atoms. The number of amides is 1. The number of hydrogen-bond donors (Lipinski definition) is 1. The molecule has 33 heavy (non-hydrogen) atoms. The second kappa shape index (κ2) is 11.9. The van der Waals surface area contributed by atoms with Gasteiger partial charge in [0.05, 0.1) is 31.8 Å². The van der Waals surface area contributed by atoms with Crippen molar-refractivity contribution in [3.63, 3.8) is 0 Å². The van der Waals surface area contributed by atoms with E-state index in [-0.39, 0.29) is 24.0 Å². The number of methoxy groups -OCH3 is 1. The number of morpholine rings is 1.